The Kier molecular flexibility index (Phi) is 5.54. The van der Waals surface area contributed by atoms with E-state index in [1.165, 1.54) is 18.4 Å². The summed E-state index contributed by atoms with van der Waals surface area (Å²) in [6, 6.07) is 20.3. The van der Waals surface area contributed by atoms with Crippen LogP contribution >= 0.6 is 0 Å². The van der Waals surface area contributed by atoms with Crippen molar-refractivity contribution in [1.82, 2.24) is 10.2 Å². The lowest BCUT2D eigenvalue weighted by Gasteiger charge is -2.45. The van der Waals surface area contributed by atoms with Gasteiger partial charge in [-0.05, 0) is 63.4 Å². The zero-order valence-corrected chi connectivity index (χ0v) is 15.2. The number of likely N-dealkylation sites (N-methyl/N-ethyl adjacent to an activating group) is 1. The van der Waals surface area contributed by atoms with Gasteiger partial charge in [0.15, 0.2) is 0 Å². The van der Waals surface area contributed by atoms with Crippen LogP contribution in [0.2, 0.25) is 0 Å². The summed E-state index contributed by atoms with van der Waals surface area (Å²) in [6.45, 7) is 0.704. The molecule has 0 unspecified atom stereocenters. The minimum absolute atomic E-state index is 0.0204. The van der Waals surface area contributed by atoms with Crippen molar-refractivity contribution in [1.29, 1.82) is 0 Å². The summed E-state index contributed by atoms with van der Waals surface area (Å²) >= 11 is 0. The Morgan fingerprint density at radius 1 is 1.00 bits per heavy atom. The molecule has 1 amide bonds. The van der Waals surface area contributed by atoms with Crippen LogP contribution in [-0.4, -0.2) is 37.0 Å². The number of carbonyl (C=O) groups excluding carboxylic acids is 1. The quantitative estimate of drug-likeness (QED) is 0.892. The average molecular weight is 336 g/mol. The lowest BCUT2D eigenvalue weighted by atomic mass is 9.73. The summed E-state index contributed by atoms with van der Waals surface area (Å²) in [5.41, 5.74) is 2.23. The molecule has 1 fully saturated rings. The molecule has 1 saturated carbocycles. The highest BCUT2D eigenvalue weighted by Crippen LogP contribution is 2.40. The molecule has 2 aromatic carbocycles. The van der Waals surface area contributed by atoms with E-state index in [4.69, 9.17) is 0 Å². The van der Waals surface area contributed by atoms with Crippen molar-refractivity contribution in [2.45, 2.75) is 37.1 Å². The van der Waals surface area contributed by atoms with E-state index in [9.17, 15) is 4.79 Å². The molecule has 0 atom stereocenters. The zero-order valence-electron chi connectivity index (χ0n) is 15.2. The first-order valence-corrected chi connectivity index (χ1v) is 9.16. The zero-order chi connectivity index (χ0) is 17.7. The van der Waals surface area contributed by atoms with Gasteiger partial charge in [-0.2, -0.15) is 0 Å². The molecule has 3 rings (SSSR count). The highest BCUT2D eigenvalue weighted by Gasteiger charge is 2.37. The number of carbonyl (C=O) groups is 1. The SMILES string of the molecule is CN(C)C1(CNC(=O)c2ccccc2)CCC(c2ccccc2)CC1. The highest BCUT2D eigenvalue weighted by molar-refractivity contribution is 5.94. The third-order valence-corrected chi connectivity index (χ3v) is 5.75. The highest BCUT2D eigenvalue weighted by atomic mass is 16.1. The summed E-state index contributed by atoms with van der Waals surface area (Å²) in [6.07, 6.45) is 4.55. The van der Waals surface area contributed by atoms with Gasteiger partial charge in [0, 0.05) is 17.6 Å². The Morgan fingerprint density at radius 2 is 1.56 bits per heavy atom. The first-order valence-electron chi connectivity index (χ1n) is 9.16. The van der Waals surface area contributed by atoms with E-state index in [2.05, 4.69) is 54.6 Å². The lowest BCUT2D eigenvalue weighted by molar-refractivity contribution is 0.0769. The second kappa shape index (κ2) is 7.83. The topological polar surface area (TPSA) is 32.3 Å². The first kappa shape index (κ1) is 17.7. The van der Waals surface area contributed by atoms with Crippen LogP contribution < -0.4 is 5.32 Å². The normalized spacial score (nSPS) is 23.4. The van der Waals surface area contributed by atoms with Gasteiger partial charge in [-0.1, -0.05) is 48.5 Å². The smallest absolute Gasteiger partial charge is 0.251 e. The minimum atomic E-state index is 0.0204. The Hall–Kier alpha value is -2.13. The Bertz CT molecular complexity index is 674. The van der Waals surface area contributed by atoms with Gasteiger partial charge in [0.1, 0.15) is 0 Å². The number of rotatable bonds is 5. The van der Waals surface area contributed by atoms with E-state index >= 15 is 0 Å². The van der Waals surface area contributed by atoms with Crippen molar-refractivity contribution in [2.24, 2.45) is 0 Å². The van der Waals surface area contributed by atoms with Crippen molar-refractivity contribution in [3.63, 3.8) is 0 Å². The third kappa shape index (κ3) is 4.10. The minimum Gasteiger partial charge on any atom is -0.350 e. The Balaban J connectivity index is 1.62. The molecule has 1 aliphatic rings. The van der Waals surface area contributed by atoms with Gasteiger partial charge in [0.25, 0.3) is 5.91 Å². The van der Waals surface area contributed by atoms with Crippen molar-refractivity contribution in [3.8, 4) is 0 Å². The van der Waals surface area contributed by atoms with Crippen LogP contribution in [0.1, 0.15) is 47.5 Å². The number of amides is 1. The number of benzene rings is 2. The van der Waals surface area contributed by atoms with Crippen LogP contribution in [0.25, 0.3) is 0 Å². The van der Waals surface area contributed by atoms with E-state index in [1.807, 2.05) is 30.3 Å². The maximum atomic E-state index is 12.4. The molecule has 0 aliphatic heterocycles. The molecule has 0 saturated heterocycles. The first-order chi connectivity index (χ1) is 12.1. The van der Waals surface area contributed by atoms with Crippen LogP contribution in [-0.2, 0) is 0 Å². The van der Waals surface area contributed by atoms with Crippen LogP contribution in [0.3, 0.4) is 0 Å². The molecule has 0 radical (unpaired) electrons. The molecule has 25 heavy (non-hydrogen) atoms. The molecule has 0 aromatic heterocycles. The van der Waals surface area contributed by atoms with E-state index in [0.29, 0.717) is 12.5 Å². The largest absolute Gasteiger partial charge is 0.350 e. The molecule has 132 valence electrons. The fourth-order valence-corrected chi connectivity index (χ4v) is 3.93. The standard InChI is InChI=1S/C22H28N2O/c1-24(2)22(17-23-21(25)20-11-7-4-8-12-20)15-13-19(14-16-22)18-9-5-3-6-10-18/h3-12,19H,13-17H2,1-2H3,(H,23,25). The molecule has 2 aromatic rings. The molecule has 1 aliphatic carbocycles. The predicted octanol–water partition coefficient (Wildman–Crippen LogP) is 4.07. The Morgan fingerprint density at radius 3 is 2.12 bits per heavy atom. The van der Waals surface area contributed by atoms with Crippen molar-refractivity contribution in [2.75, 3.05) is 20.6 Å². The Labute approximate surface area is 151 Å². The molecule has 3 heteroatoms. The summed E-state index contributed by atoms with van der Waals surface area (Å²) < 4.78 is 0. The van der Waals surface area contributed by atoms with E-state index in [0.717, 1.165) is 18.4 Å². The number of nitrogens with zero attached hydrogens (tertiary/aromatic N) is 1. The molecule has 0 heterocycles. The van der Waals surface area contributed by atoms with Gasteiger partial charge >= 0.3 is 0 Å². The van der Waals surface area contributed by atoms with Crippen LogP contribution in [0.5, 0.6) is 0 Å². The van der Waals surface area contributed by atoms with E-state index < -0.39 is 0 Å². The van der Waals surface area contributed by atoms with Gasteiger partial charge in [0.05, 0.1) is 0 Å². The van der Waals surface area contributed by atoms with Gasteiger partial charge in [0.2, 0.25) is 0 Å². The fraction of sp³-hybridized carbons (Fsp3) is 0.409. The fourth-order valence-electron chi connectivity index (χ4n) is 3.93. The lowest BCUT2D eigenvalue weighted by Crippen LogP contribution is -2.54. The summed E-state index contributed by atoms with van der Waals surface area (Å²) in [7, 11) is 4.27. The predicted molar refractivity (Wildman–Crippen MR) is 103 cm³/mol. The van der Waals surface area contributed by atoms with Gasteiger partial charge in [-0.25, -0.2) is 0 Å². The molecule has 3 nitrogen and oxygen atoms in total. The molecule has 0 bridgehead atoms. The summed E-state index contributed by atoms with van der Waals surface area (Å²) in [4.78, 5) is 14.7. The maximum Gasteiger partial charge on any atom is 0.251 e. The van der Waals surface area contributed by atoms with Crippen molar-refractivity contribution in [3.05, 3.63) is 71.8 Å². The van der Waals surface area contributed by atoms with Gasteiger partial charge < -0.3 is 10.2 Å². The van der Waals surface area contributed by atoms with Crippen LogP contribution in [0, 0.1) is 0 Å². The molecule has 0 spiro atoms. The van der Waals surface area contributed by atoms with Crippen molar-refractivity contribution < 1.29 is 4.79 Å². The number of hydrogen-bond acceptors (Lipinski definition) is 2. The second-order valence-corrected chi connectivity index (χ2v) is 7.35. The van der Waals surface area contributed by atoms with Crippen molar-refractivity contribution >= 4 is 5.91 Å². The summed E-state index contributed by atoms with van der Waals surface area (Å²) in [5, 5.41) is 3.16. The molecule has 1 N–H and O–H groups in total. The van der Waals surface area contributed by atoms with Gasteiger partial charge in [-0.3, -0.25) is 4.79 Å². The monoisotopic (exact) mass is 336 g/mol. The number of nitrogens with one attached hydrogen (secondary N) is 1. The van der Waals surface area contributed by atoms with Gasteiger partial charge in [-0.15, -0.1) is 0 Å². The third-order valence-electron chi connectivity index (χ3n) is 5.75. The van der Waals surface area contributed by atoms with Crippen LogP contribution in [0.15, 0.2) is 60.7 Å². The van der Waals surface area contributed by atoms with E-state index in [1.54, 1.807) is 0 Å². The number of hydrogen-bond donors (Lipinski definition) is 1. The van der Waals surface area contributed by atoms with Crippen LogP contribution in [0.4, 0.5) is 0 Å². The van der Waals surface area contributed by atoms with E-state index in [-0.39, 0.29) is 11.4 Å². The maximum absolute atomic E-state index is 12.4. The second-order valence-electron chi connectivity index (χ2n) is 7.35. The molecular formula is C22H28N2O. The average Bonchev–Trinajstić information content (AvgIpc) is 2.68. The molecular weight excluding hydrogens is 308 g/mol. The summed E-state index contributed by atoms with van der Waals surface area (Å²) in [5.74, 6) is 0.658.